The lowest BCUT2D eigenvalue weighted by Gasteiger charge is -2.29. The minimum atomic E-state index is 0.150. The first-order valence-electron chi connectivity index (χ1n) is 5.66. The van der Waals surface area contributed by atoms with Crippen LogP contribution in [0.1, 0.15) is 26.3 Å². The highest BCUT2D eigenvalue weighted by Crippen LogP contribution is 2.34. The molecule has 0 aliphatic heterocycles. The van der Waals surface area contributed by atoms with Gasteiger partial charge in [-0.2, -0.15) is 0 Å². The van der Waals surface area contributed by atoms with E-state index in [4.69, 9.17) is 4.98 Å². The maximum absolute atomic E-state index is 4.71. The Hall–Kier alpha value is -0.580. The summed E-state index contributed by atoms with van der Waals surface area (Å²) in [6.45, 7) is 8.74. The van der Waals surface area contributed by atoms with Crippen molar-refractivity contribution in [1.82, 2.24) is 9.29 Å². The number of aromatic nitrogens is 1. The van der Waals surface area contributed by atoms with Crippen molar-refractivity contribution in [3.05, 3.63) is 23.8 Å². The Bertz CT molecular complexity index is 526. The number of rotatable bonds is 2. The van der Waals surface area contributed by atoms with Gasteiger partial charge < -0.3 is 0 Å². The number of benzene rings is 1. The van der Waals surface area contributed by atoms with Crippen LogP contribution < -0.4 is 0 Å². The number of hydrogen-bond acceptors (Lipinski definition) is 4. The molecular formula is C13H18N2S2. The van der Waals surface area contributed by atoms with E-state index in [0.717, 1.165) is 9.86 Å². The van der Waals surface area contributed by atoms with Crippen molar-refractivity contribution in [2.75, 3.05) is 7.05 Å². The number of aryl methyl sites for hydroxylation is 1. The Morgan fingerprint density at radius 3 is 2.59 bits per heavy atom. The van der Waals surface area contributed by atoms with Crippen LogP contribution in [0.2, 0.25) is 0 Å². The molecule has 1 heterocycles. The fourth-order valence-electron chi connectivity index (χ4n) is 1.36. The van der Waals surface area contributed by atoms with Gasteiger partial charge in [0.25, 0.3) is 0 Å². The molecule has 2 nitrogen and oxygen atoms in total. The molecule has 0 amide bonds. The summed E-state index contributed by atoms with van der Waals surface area (Å²) in [5, 5.41) is 0. The van der Waals surface area contributed by atoms with Gasteiger partial charge in [-0.1, -0.05) is 12.1 Å². The molecule has 0 fully saturated rings. The largest absolute Gasteiger partial charge is 0.242 e. The maximum Gasteiger partial charge on any atom is 0.166 e. The van der Waals surface area contributed by atoms with E-state index in [1.807, 2.05) is 0 Å². The van der Waals surface area contributed by atoms with Crippen LogP contribution in [-0.2, 0) is 0 Å². The van der Waals surface area contributed by atoms with Crippen LogP contribution in [0.4, 0.5) is 0 Å². The maximum atomic E-state index is 4.71. The van der Waals surface area contributed by atoms with E-state index in [0.29, 0.717) is 0 Å². The molecule has 1 aromatic heterocycles. The van der Waals surface area contributed by atoms with Crippen molar-refractivity contribution in [3.63, 3.8) is 0 Å². The summed E-state index contributed by atoms with van der Waals surface area (Å²) in [6, 6.07) is 6.35. The molecule has 2 rings (SSSR count). The fraction of sp³-hybridized carbons (Fsp3) is 0.462. The highest BCUT2D eigenvalue weighted by molar-refractivity contribution is 7.98. The van der Waals surface area contributed by atoms with Gasteiger partial charge in [-0.25, -0.2) is 9.29 Å². The van der Waals surface area contributed by atoms with Crippen LogP contribution in [0.5, 0.6) is 0 Å². The van der Waals surface area contributed by atoms with E-state index >= 15 is 0 Å². The minimum Gasteiger partial charge on any atom is -0.242 e. The van der Waals surface area contributed by atoms with Crippen LogP contribution in [0.15, 0.2) is 22.5 Å². The van der Waals surface area contributed by atoms with E-state index in [1.165, 1.54) is 10.3 Å². The third kappa shape index (κ3) is 2.81. The molecule has 0 saturated heterocycles. The normalized spacial score (nSPS) is 12.6. The van der Waals surface area contributed by atoms with Gasteiger partial charge in [0.2, 0.25) is 0 Å². The van der Waals surface area contributed by atoms with Gasteiger partial charge in [0.05, 0.1) is 10.2 Å². The Labute approximate surface area is 111 Å². The van der Waals surface area contributed by atoms with Crippen molar-refractivity contribution in [1.29, 1.82) is 0 Å². The molecular weight excluding hydrogens is 248 g/mol. The molecule has 92 valence electrons. The quantitative estimate of drug-likeness (QED) is 0.752. The van der Waals surface area contributed by atoms with E-state index < -0.39 is 0 Å². The number of nitrogens with zero attached hydrogens (tertiary/aromatic N) is 2. The molecule has 0 N–H and O–H groups in total. The Balaban J connectivity index is 2.29. The van der Waals surface area contributed by atoms with Crippen LogP contribution in [0.25, 0.3) is 10.2 Å². The lowest BCUT2D eigenvalue weighted by molar-refractivity contribution is 0.319. The zero-order valence-electron chi connectivity index (χ0n) is 10.9. The lowest BCUT2D eigenvalue weighted by Crippen LogP contribution is -2.32. The summed E-state index contributed by atoms with van der Waals surface area (Å²) in [5.74, 6) is 0. The standard InChI is InChI=1S/C13H18N2S2/c1-9-7-6-8-10-11(9)14-12(16-10)17-15(5)13(2,3)4/h6-8H,1-5H3. The third-order valence-corrected chi connectivity index (χ3v) is 5.12. The summed E-state index contributed by atoms with van der Waals surface area (Å²) in [4.78, 5) is 4.71. The Kier molecular flexibility index (Phi) is 3.48. The van der Waals surface area contributed by atoms with Gasteiger partial charge in [-0.3, -0.25) is 0 Å². The molecule has 1 aromatic carbocycles. The minimum absolute atomic E-state index is 0.150. The molecule has 0 bridgehead atoms. The second kappa shape index (κ2) is 4.59. The predicted octanol–water partition coefficient (Wildman–Crippen LogP) is 4.34. The molecule has 0 aliphatic carbocycles. The molecule has 0 radical (unpaired) electrons. The van der Waals surface area contributed by atoms with Gasteiger partial charge in [0, 0.05) is 5.54 Å². The first-order valence-corrected chi connectivity index (χ1v) is 7.25. The molecule has 0 saturated carbocycles. The van der Waals surface area contributed by atoms with Crippen molar-refractivity contribution in [2.24, 2.45) is 0 Å². The highest BCUT2D eigenvalue weighted by Gasteiger charge is 2.19. The van der Waals surface area contributed by atoms with E-state index in [1.54, 1.807) is 23.3 Å². The van der Waals surface area contributed by atoms with Crippen LogP contribution in [0.3, 0.4) is 0 Å². The van der Waals surface area contributed by atoms with Gasteiger partial charge >= 0.3 is 0 Å². The predicted molar refractivity (Wildman–Crippen MR) is 77.7 cm³/mol. The average Bonchev–Trinajstić information content (AvgIpc) is 2.60. The van der Waals surface area contributed by atoms with Gasteiger partial charge in [0.1, 0.15) is 0 Å². The monoisotopic (exact) mass is 266 g/mol. The molecule has 17 heavy (non-hydrogen) atoms. The topological polar surface area (TPSA) is 16.1 Å². The second-order valence-electron chi connectivity index (χ2n) is 5.16. The highest BCUT2D eigenvalue weighted by atomic mass is 32.2. The van der Waals surface area contributed by atoms with E-state index in [2.05, 4.69) is 57.2 Å². The summed E-state index contributed by atoms with van der Waals surface area (Å²) in [6.07, 6.45) is 0. The first-order chi connectivity index (χ1) is 7.88. The van der Waals surface area contributed by atoms with Crippen molar-refractivity contribution >= 4 is 33.5 Å². The molecule has 0 aliphatic rings. The summed E-state index contributed by atoms with van der Waals surface area (Å²) in [7, 11) is 2.11. The Morgan fingerprint density at radius 1 is 1.29 bits per heavy atom. The first kappa shape index (κ1) is 12.9. The van der Waals surface area contributed by atoms with Crippen LogP contribution >= 0.6 is 23.3 Å². The van der Waals surface area contributed by atoms with Crippen molar-refractivity contribution in [3.8, 4) is 0 Å². The lowest BCUT2D eigenvalue weighted by atomic mass is 10.1. The molecule has 0 atom stereocenters. The number of fused-ring (bicyclic) bond motifs is 1. The summed E-state index contributed by atoms with van der Waals surface area (Å²) in [5.41, 5.74) is 2.55. The Morgan fingerprint density at radius 2 is 2.00 bits per heavy atom. The smallest absolute Gasteiger partial charge is 0.166 e. The average molecular weight is 266 g/mol. The summed E-state index contributed by atoms with van der Waals surface area (Å²) >= 11 is 3.49. The molecule has 0 spiro atoms. The van der Waals surface area contributed by atoms with E-state index in [-0.39, 0.29) is 5.54 Å². The number of para-hydroxylation sites is 1. The SMILES string of the molecule is Cc1cccc2sc(SN(C)C(C)(C)C)nc12. The van der Waals surface area contributed by atoms with Crippen LogP contribution in [-0.4, -0.2) is 21.9 Å². The molecule has 4 heteroatoms. The van der Waals surface area contributed by atoms with Crippen LogP contribution in [0, 0.1) is 6.92 Å². The summed E-state index contributed by atoms with van der Waals surface area (Å²) < 4.78 is 4.64. The number of thiazole rings is 1. The van der Waals surface area contributed by atoms with Gasteiger partial charge in [-0.05, 0) is 58.3 Å². The molecule has 0 unspecified atom stereocenters. The molecule has 2 aromatic rings. The van der Waals surface area contributed by atoms with E-state index in [9.17, 15) is 0 Å². The zero-order chi connectivity index (χ0) is 12.6. The van der Waals surface area contributed by atoms with Gasteiger partial charge in [0.15, 0.2) is 4.34 Å². The van der Waals surface area contributed by atoms with Crippen molar-refractivity contribution < 1.29 is 0 Å². The van der Waals surface area contributed by atoms with Crippen molar-refractivity contribution in [2.45, 2.75) is 37.6 Å². The fourth-order valence-corrected chi connectivity index (χ4v) is 3.53. The van der Waals surface area contributed by atoms with Gasteiger partial charge in [-0.15, -0.1) is 11.3 Å². The zero-order valence-corrected chi connectivity index (χ0v) is 12.6. The second-order valence-corrected chi connectivity index (χ2v) is 7.57. The number of hydrogen-bond donors (Lipinski definition) is 0. The third-order valence-electron chi connectivity index (χ3n) is 2.76.